The van der Waals surface area contributed by atoms with Crippen molar-refractivity contribution in [2.75, 3.05) is 39.8 Å². The van der Waals surface area contributed by atoms with Crippen LogP contribution in [0, 0.1) is 19.3 Å². The standard InChI is InChI=1S/C24H32N4O2/c1-17-6-7-20-19(12-17)15-28-14-18(2)13-21(28)22(25-20)27-10-8-26(9-11-27)16-24(3,4)23(29)30-5/h6-7,12-14H,8-11,15-16H2,1-5H3. The van der Waals surface area contributed by atoms with E-state index in [1.807, 2.05) is 13.8 Å². The first-order valence-corrected chi connectivity index (χ1v) is 10.7. The van der Waals surface area contributed by atoms with E-state index in [4.69, 9.17) is 9.73 Å². The number of methoxy groups -OCH3 is 1. The number of piperazine rings is 1. The van der Waals surface area contributed by atoms with Gasteiger partial charge in [-0.1, -0.05) is 17.7 Å². The number of esters is 1. The molecule has 0 amide bonds. The zero-order valence-electron chi connectivity index (χ0n) is 18.7. The number of carbonyl (C=O) groups excluding carboxylic acids is 1. The zero-order chi connectivity index (χ0) is 21.5. The molecule has 0 spiro atoms. The largest absolute Gasteiger partial charge is 0.469 e. The maximum atomic E-state index is 12.1. The lowest BCUT2D eigenvalue weighted by molar-refractivity contribution is -0.152. The van der Waals surface area contributed by atoms with E-state index in [1.54, 1.807) is 0 Å². The molecule has 2 aromatic rings. The summed E-state index contributed by atoms with van der Waals surface area (Å²) in [5, 5.41) is 0. The van der Waals surface area contributed by atoms with Gasteiger partial charge in [0.2, 0.25) is 0 Å². The normalized spacial score (nSPS) is 17.1. The third-order valence-electron chi connectivity index (χ3n) is 6.09. The van der Waals surface area contributed by atoms with Gasteiger partial charge < -0.3 is 14.2 Å². The highest BCUT2D eigenvalue weighted by Gasteiger charge is 2.33. The molecule has 3 heterocycles. The number of aromatic nitrogens is 1. The summed E-state index contributed by atoms with van der Waals surface area (Å²) in [5.74, 6) is 0.899. The van der Waals surface area contributed by atoms with Crippen LogP contribution in [0.3, 0.4) is 0 Å². The Kier molecular flexibility index (Phi) is 5.45. The molecule has 2 aliphatic rings. The molecule has 160 valence electrons. The lowest BCUT2D eigenvalue weighted by atomic mass is 9.92. The van der Waals surface area contributed by atoms with Gasteiger partial charge in [-0.05, 0) is 51.0 Å². The molecule has 0 saturated carbocycles. The van der Waals surface area contributed by atoms with E-state index in [-0.39, 0.29) is 5.97 Å². The van der Waals surface area contributed by atoms with Crippen molar-refractivity contribution in [3.63, 3.8) is 0 Å². The highest BCUT2D eigenvalue weighted by Crippen LogP contribution is 2.29. The molecule has 0 aliphatic carbocycles. The number of aliphatic imine (C=N–C) groups is 1. The van der Waals surface area contributed by atoms with Crippen molar-refractivity contribution >= 4 is 17.5 Å². The Hall–Kier alpha value is -2.60. The number of ether oxygens (including phenoxy) is 1. The number of hydrogen-bond donors (Lipinski definition) is 0. The predicted molar refractivity (Wildman–Crippen MR) is 119 cm³/mol. The van der Waals surface area contributed by atoms with Crippen LogP contribution in [-0.2, 0) is 16.1 Å². The number of nitrogens with zero attached hydrogens (tertiary/aromatic N) is 4. The molecule has 4 rings (SSSR count). The number of benzene rings is 1. The summed E-state index contributed by atoms with van der Waals surface area (Å²) in [6, 6.07) is 8.76. The minimum Gasteiger partial charge on any atom is -0.469 e. The molecular formula is C24H32N4O2. The summed E-state index contributed by atoms with van der Waals surface area (Å²) in [4.78, 5) is 21.9. The van der Waals surface area contributed by atoms with E-state index in [2.05, 4.69) is 58.7 Å². The fraction of sp³-hybridized carbons (Fsp3) is 0.500. The van der Waals surface area contributed by atoms with E-state index in [0.29, 0.717) is 6.54 Å². The molecule has 0 N–H and O–H groups in total. The molecule has 1 fully saturated rings. The molecular weight excluding hydrogens is 376 g/mol. The summed E-state index contributed by atoms with van der Waals surface area (Å²) in [7, 11) is 1.46. The first-order chi connectivity index (χ1) is 14.3. The van der Waals surface area contributed by atoms with Crippen LogP contribution in [-0.4, -0.2) is 66.0 Å². The van der Waals surface area contributed by atoms with E-state index in [0.717, 1.165) is 44.2 Å². The maximum Gasteiger partial charge on any atom is 0.312 e. The molecule has 6 nitrogen and oxygen atoms in total. The minimum atomic E-state index is -0.501. The molecule has 1 saturated heterocycles. The molecule has 6 heteroatoms. The summed E-state index contributed by atoms with van der Waals surface area (Å²) in [6.45, 7) is 13.3. The SMILES string of the molecule is COC(=O)C(C)(C)CN1CCN(C2=Nc3ccc(C)cc3Cn3cc(C)cc32)CC1. The van der Waals surface area contributed by atoms with Crippen LogP contribution in [0.1, 0.15) is 36.2 Å². The Morgan fingerprint density at radius 2 is 1.83 bits per heavy atom. The second-order valence-corrected chi connectivity index (χ2v) is 9.24. The average Bonchev–Trinajstić information content (AvgIpc) is 3.00. The smallest absolute Gasteiger partial charge is 0.312 e. The molecule has 0 bridgehead atoms. The quantitative estimate of drug-likeness (QED) is 0.731. The number of aryl methyl sites for hydroxylation is 2. The van der Waals surface area contributed by atoms with Crippen LogP contribution in [0.2, 0.25) is 0 Å². The van der Waals surface area contributed by atoms with E-state index in [9.17, 15) is 4.79 Å². The minimum absolute atomic E-state index is 0.154. The van der Waals surface area contributed by atoms with Crippen molar-refractivity contribution in [2.45, 2.75) is 34.2 Å². The first kappa shape index (κ1) is 20.7. The predicted octanol–water partition coefficient (Wildman–Crippen LogP) is 3.36. The van der Waals surface area contributed by atoms with Gasteiger partial charge in [-0.3, -0.25) is 9.69 Å². The van der Waals surface area contributed by atoms with Crippen molar-refractivity contribution in [3.05, 3.63) is 52.8 Å². The lowest BCUT2D eigenvalue weighted by Crippen LogP contribution is -2.52. The first-order valence-electron chi connectivity index (χ1n) is 10.7. The Balaban J connectivity index is 1.56. The summed E-state index contributed by atoms with van der Waals surface area (Å²) in [6.07, 6.45) is 2.22. The fourth-order valence-electron chi connectivity index (χ4n) is 4.53. The number of carbonyl (C=O) groups is 1. The average molecular weight is 409 g/mol. The van der Waals surface area contributed by atoms with Crippen molar-refractivity contribution in [3.8, 4) is 0 Å². The Morgan fingerprint density at radius 3 is 2.53 bits per heavy atom. The summed E-state index contributed by atoms with van der Waals surface area (Å²) in [5.41, 5.74) is 5.53. The number of hydrogen-bond acceptors (Lipinski definition) is 5. The zero-order valence-corrected chi connectivity index (χ0v) is 18.7. The Morgan fingerprint density at radius 1 is 1.10 bits per heavy atom. The van der Waals surface area contributed by atoms with Crippen molar-refractivity contribution in [2.24, 2.45) is 10.4 Å². The third kappa shape index (κ3) is 4.01. The maximum absolute atomic E-state index is 12.1. The molecule has 0 radical (unpaired) electrons. The molecule has 2 aliphatic heterocycles. The van der Waals surface area contributed by atoms with Gasteiger partial charge in [-0.15, -0.1) is 0 Å². The number of fused-ring (bicyclic) bond motifs is 2. The van der Waals surface area contributed by atoms with Gasteiger partial charge in [0, 0.05) is 45.5 Å². The second kappa shape index (κ2) is 7.91. The van der Waals surface area contributed by atoms with Gasteiger partial charge in [-0.25, -0.2) is 4.99 Å². The van der Waals surface area contributed by atoms with Crippen molar-refractivity contribution < 1.29 is 9.53 Å². The number of amidine groups is 1. The highest BCUT2D eigenvalue weighted by molar-refractivity contribution is 6.00. The van der Waals surface area contributed by atoms with Crippen molar-refractivity contribution in [1.29, 1.82) is 0 Å². The monoisotopic (exact) mass is 408 g/mol. The lowest BCUT2D eigenvalue weighted by Gasteiger charge is -2.39. The van der Waals surface area contributed by atoms with Crippen LogP contribution in [0.5, 0.6) is 0 Å². The van der Waals surface area contributed by atoms with Gasteiger partial charge in [-0.2, -0.15) is 0 Å². The topological polar surface area (TPSA) is 50.1 Å². The molecule has 1 aromatic heterocycles. The van der Waals surface area contributed by atoms with E-state index in [1.165, 1.54) is 29.5 Å². The van der Waals surface area contributed by atoms with Crippen LogP contribution in [0.4, 0.5) is 5.69 Å². The molecule has 0 atom stereocenters. The van der Waals surface area contributed by atoms with Crippen LogP contribution < -0.4 is 0 Å². The molecule has 0 unspecified atom stereocenters. The van der Waals surface area contributed by atoms with Gasteiger partial charge in [0.1, 0.15) is 0 Å². The van der Waals surface area contributed by atoms with Crippen LogP contribution >= 0.6 is 0 Å². The van der Waals surface area contributed by atoms with Gasteiger partial charge in [0.05, 0.1) is 23.9 Å². The molecule has 30 heavy (non-hydrogen) atoms. The van der Waals surface area contributed by atoms with Gasteiger partial charge in [0.15, 0.2) is 5.84 Å². The number of rotatable bonds is 3. The highest BCUT2D eigenvalue weighted by atomic mass is 16.5. The summed E-state index contributed by atoms with van der Waals surface area (Å²) >= 11 is 0. The van der Waals surface area contributed by atoms with Gasteiger partial charge >= 0.3 is 5.97 Å². The fourth-order valence-corrected chi connectivity index (χ4v) is 4.53. The molecule has 1 aromatic carbocycles. The van der Waals surface area contributed by atoms with Crippen molar-refractivity contribution in [1.82, 2.24) is 14.4 Å². The Bertz CT molecular complexity index is 981. The second-order valence-electron chi connectivity index (χ2n) is 9.24. The summed E-state index contributed by atoms with van der Waals surface area (Å²) < 4.78 is 7.30. The third-order valence-corrected chi connectivity index (χ3v) is 6.09. The van der Waals surface area contributed by atoms with E-state index >= 15 is 0 Å². The van der Waals surface area contributed by atoms with Gasteiger partial charge in [0.25, 0.3) is 0 Å². The van der Waals surface area contributed by atoms with Crippen LogP contribution in [0.15, 0.2) is 35.5 Å². The Labute approximate surface area is 179 Å². The van der Waals surface area contributed by atoms with E-state index < -0.39 is 5.41 Å². The van der Waals surface area contributed by atoms with Crippen LogP contribution in [0.25, 0.3) is 0 Å².